The molecule has 0 aliphatic rings. The van der Waals surface area contributed by atoms with Crippen LogP contribution in [-0.2, 0) is 0 Å². The third-order valence-corrected chi connectivity index (χ3v) is 5.00. The number of carbonyl (C=O) groups excluding carboxylic acids is 1. The summed E-state index contributed by atoms with van der Waals surface area (Å²) >= 11 is 5.81. The van der Waals surface area contributed by atoms with Crippen molar-refractivity contribution in [1.29, 1.82) is 0 Å². The van der Waals surface area contributed by atoms with Crippen molar-refractivity contribution in [2.45, 2.75) is 59.2 Å². The van der Waals surface area contributed by atoms with Crippen molar-refractivity contribution in [3.8, 4) is 0 Å². The molecular weight excluding hydrogens is 364 g/mol. The quantitative estimate of drug-likeness (QED) is 0.642. The van der Waals surface area contributed by atoms with Crippen LogP contribution >= 0.6 is 12.2 Å². The van der Waals surface area contributed by atoms with E-state index in [0.29, 0.717) is 10.6 Å². The number of benzene rings is 2. The van der Waals surface area contributed by atoms with Gasteiger partial charge in [-0.25, -0.2) is 0 Å². The van der Waals surface area contributed by atoms with Crippen LogP contribution in [0.4, 0.5) is 0 Å². The molecular formula is C24H32N2OS. The average Bonchev–Trinajstić information content (AvgIpc) is 2.64. The molecule has 0 aromatic heterocycles. The van der Waals surface area contributed by atoms with Crippen LogP contribution in [0.2, 0.25) is 0 Å². The van der Waals surface area contributed by atoms with Gasteiger partial charge >= 0.3 is 0 Å². The molecule has 2 aromatic carbocycles. The summed E-state index contributed by atoms with van der Waals surface area (Å²) in [7, 11) is 0. The highest BCUT2D eigenvalue weighted by Crippen LogP contribution is 2.28. The minimum Gasteiger partial charge on any atom is -0.373 e. The van der Waals surface area contributed by atoms with Gasteiger partial charge in [0.25, 0.3) is 5.91 Å². The van der Waals surface area contributed by atoms with Crippen molar-refractivity contribution in [3.63, 3.8) is 0 Å². The first-order chi connectivity index (χ1) is 13.1. The topological polar surface area (TPSA) is 32.3 Å². The molecule has 0 bridgehead atoms. The molecule has 0 saturated carbocycles. The number of carbonyl (C=O) groups is 1. The zero-order valence-corrected chi connectivity index (χ0v) is 18.6. The van der Waals surface area contributed by atoms with Gasteiger partial charge in [0, 0.05) is 11.1 Å². The fourth-order valence-electron chi connectivity index (χ4n) is 3.36. The second-order valence-corrected chi connectivity index (χ2v) is 9.03. The summed E-state index contributed by atoms with van der Waals surface area (Å²) in [6.45, 7) is 12.6. The normalized spacial score (nSPS) is 13.7. The number of nitrogens with one attached hydrogen (secondary N) is 1. The largest absolute Gasteiger partial charge is 0.373 e. The molecule has 0 aliphatic heterocycles. The smallest absolute Gasteiger partial charge is 0.254 e. The molecule has 0 fully saturated rings. The van der Waals surface area contributed by atoms with Crippen molar-refractivity contribution in [3.05, 3.63) is 71.8 Å². The lowest BCUT2D eigenvalue weighted by Gasteiger charge is -2.41. The first-order valence-electron chi connectivity index (χ1n) is 9.86. The van der Waals surface area contributed by atoms with Crippen molar-refractivity contribution in [1.82, 2.24) is 10.2 Å². The minimum atomic E-state index is -0.211. The van der Waals surface area contributed by atoms with Crippen LogP contribution < -0.4 is 5.32 Å². The maximum atomic E-state index is 13.6. The molecule has 0 spiro atoms. The van der Waals surface area contributed by atoms with Gasteiger partial charge in [0.2, 0.25) is 0 Å². The molecule has 2 atom stereocenters. The number of hydrogen-bond acceptors (Lipinski definition) is 2. The Kier molecular flexibility index (Phi) is 7.36. The number of thiocarbonyl (C=S) groups is 1. The summed E-state index contributed by atoms with van der Waals surface area (Å²) in [6.07, 6.45) is 0. The van der Waals surface area contributed by atoms with E-state index in [1.165, 1.54) is 0 Å². The Morgan fingerprint density at radius 1 is 0.929 bits per heavy atom. The molecule has 150 valence electrons. The molecule has 2 rings (SSSR count). The van der Waals surface area contributed by atoms with Crippen LogP contribution in [0.1, 0.15) is 63.5 Å². The standard InChI is InChI=1S/C24H32N2OS/c1-17(2)21(22(28)25-24(4,5)6)26(18(3)19-13-9-7-10-14-19)23(27)20-15-11-8-12-16-20/h7-18,21H,1-6H3,(H,25,28)/t18-,21+/m0/s1. The van der Waals surface area contributed by atoms with Gasteiger partial charge in [-0.15, -0.1) is 0 Å². The van der Waals surface area contributed by atoms with Crippen molar-refractivity contribution < 1.29 is 4.79 Å². The minimum absolute atomic E-state index is 0.00582. The fourth-order valence-corrected chi connectivity index (χ4v) is 4.05. The molecule has 0 saturated heterocycles. The Morgan fingerprint density at radius 3 is 1.89 bits per heavy atom. The zero-order valence-electron chi connectivity index (χ0n) is 17.8. The van der Waals surface area contributed by atoms with E-state index in [0.717, 1.165) is 5.56 Å². The third-order valence-electron chi connectivity index (χ3n) is 4.65. The summed E-state index contributed by atoms with van der Waals surface area (Å²) in [5, 5.41) is 3.43. The van der Waals surface area contributed by atoms with E-state index in [4.69, 9.17) is 12.2 Å². The van der Waals surface area contributed by atoms with E-state index in [9.17, 15) is 4.79 Å². The predicted octanol–water partition coefficient (Wildman–Crippen LogP) is 5.63. The summed E-state index contributed by atoms with van der Waals surface area (Å²) in [4.78, 5) is 16.3. The van der Waals surface area contributed by atoms with E-state index in [1.807, 2.05) is 53.4 Å². The van der Waals surface area contributed by atoms with Crippen LogP contribution in [0.15, 0.2) is 60.7 Å². The highest BCUT2D eigenvalue weighted by atomic mass is 32.1. The Morgan fingerprint density at radius 2 is 1.43 bits per heavy atom. The van der Waals surface area contributed by atoms with Gasteiger partial charge in [-0.3, -0.25) is 4.79 Å². The van der Waals surface area contributed by atoms with Gasteiger partial charge in [-0.1, -0.05) is 74.6 Å². The van der Waals surface area contributed by atoms with Crippen molar-refractivity contribution in [2.24, 2.45) is 5.92 Å². The van der Waals surface area contributed by atoms with Gasteiger partial charge in [0.05, 0.1) is 17.1 Å². The van der Waals surface area contributed by atoms with Crippen LogP contribution in [0, 0.1) is 5.92 Å². The number of nitrogens with zero attached hydrogens (tertiary/aromatic N) is 1. The molecule has 1 N–H and O–H groups in total. The second-order valence-electron chi connectivity index (χ2n) is 8.59. The number of hydrogen-bond donors (Lipinski definition) is 1. The average molecular weight is 397 g/mol. The van der Waals surface area contributed by atoms with Crippen LogP contribution in [-0.4, -0.2) is 27.4 Å². The Balaban J connectivity index is 2.51. The SMILES string of the molecule is CC(C)[C@H](C(=S)NC(C)(C)C)N(C(=O)c1ccccc1)[C@@H](C)c1ccccc1. The first-order valence-corrected chi connectivity index (χ1v) is 10.3. The lowest BCUT2D eigenvalue weighted by atomic mass is 9.95. The molecule has 0 radical (unpaired) electrons. The van der Waals surface area contributed by atoms with Crippen molar-refractivity contribution in [2.75, 3.05) is 0 Å². The molecule has 1 amide bonds. The Hall–Kier alpha value is -2.20. The predicted molar refractivity (Wildman–Crippen MR) is 122 cm³/mol. The van der Waals surface area contributed by atoms with Gasteiger partial charge in [-0.2, -0.15) is 0 Å². The van der Waals surface area contributed by atoms with E-state index < -0.39 is 0 Å². The van der Waals surface area contributed by atoms with Gasteiger partial charge < -0.3 is 10.2 Å². The van der Waals surface area contributed by atoms with Crippen molar-refractivity contribution >= 4 is 23.1 Å². The summed E-state index contributed by atoms with van der Waals surface area (Å²) in [5.74, 6) is 0.162. The first kappa shape index (κ1) is 22.1. The lowest BCUT2D eigenvalue weighted by molar-refractivity contribution is 0.0605. The summed E-state index contributed by atoms with van der Waals surface area (Å²) < 4.78 is 0. The number of rotatable bonds is 6. The van der Waals surface area contributed by atoms with Gasteiger partial charge in [0.15, 0.2) is 0 Å². The zero-order chi connectivity index (χ0) is 20.9. The summed E-state index contributed by atoms with van der Waals surface area (Å²) in [5.41, 5.74) is 1.60. The maximum absolute atomic E-state index is 13.6. The monoisotopic (exact) mass is 396 g/mol. The van der Waals surface area contributed by atoms with E-state index in [1.54, 1.807) is 0 Å². The van der Waals surface area contributed by atoms with Gasteiger partial charge in [0.1, 0.15) is 0 Å². The fraction of sp³-hybridized carbons (Fsp3) is 0.417. The molecule has 3 nitrogen and oxygen atoms in total. The van der Waals surface area contributed by atoms with E-state index in [2.05, 4.69) is 59.0 Å². The molecule has 0 heterocycles. The maximum Gasteiger partial charge on any atom is 0.254 e. The molecule has 0 unspecified atom stereocenters. The van der Waals surface area contributed by atoms with Crippen LogP contribution in [0.3, 0.4) is 0 Å². The van der Waals surface area contributed by atoms with Crippen LogP contribution in [0.25, 0.3) is 0 Å². The molecule has 28 heavy (non-hydrogen) atoms. The lowest BCUT2D eigenvalue weighted by Crippen LogP contribution is -2.55. The molecule has 2 aromatic rings. The molecule has 4 heteroatoms. The Bertz CT molecular complexity index is 781. The second kappa shape index (κ2) is 9.33. The molecule has 0 aliphatic carbocycles. The van der Waals surface area contributed by atoms with Crippen LogP contribution in [0.5, 0.6) is 0 Å². The highest BCUT2D eigenvalue weighted by Gasteiger charge is 2.35. The Labute approximate surface area is 175 Å². The third kappa shape index (κ3) is 5.65. The summed E-state index contributed by atoms with van der Waals surface area (Å²) in [6, 6.07) is 19.3. The number of amides is 1. The van der Waals surface area contributed by atoms with Gasteiger partial charge in [-0.05, 0) is 51.3 Å². The van der Waals surface area contributed by atoms with E-state index >= 15 is 0 Å². The van der Waals surface area contributed by atoms with E-state index in [-0.39, 0.29) is 29.4 Å². The highest BCUT2D eigenvalue weighted by molar-refractivity contribution is 7.80.